The first-order chi connectivity index (χ1) is 43.5. The number of aliphatic carboxylic acids is 2. The summed E-state index contributed by atoms with van der Waals surface area (Å²) >= 11 is 0. The molecular formula is C59H86N14O20. The monoisotopic (exact) mass is 1310 g/mol. The lowest BCUT2D eigenvalue weighted by molar-refractivity contribution is -0.144. The molecule has 0 spiro atoms. The first-order valence-electron chi connectivity index (χ1n) is 29.8. The van der Waals surface area contributed by atoms with Gasteiger partial charge in [0.2, 0.25) is 76.8 Å². The number of benzene rings is 2. The van der Waals surface area contributed by atoms with E-state index >= 15 is 0 Å². The molecule has 0 saturated carbocycles. The molecule has 512 valence electrons. The standard InChI is InChI=1S/C59H86N14O20/c1-27(2)22-35(60)50(83)69-40(24-32-11-15-34(76)16-12-32)58(91)73-21-7-8-42(73)55(88)71-47(28(3)4)56(89)66-37(18-20-44(62)78)52(85)68-39(26-46(80)81)53(86)64-29(5)49(82)65-36(17-19-43(61)77)51(84)67-38(23-31-9-13-33(75)14-10-31)54(87)72-48(30(6)74)57(90)70-41(59(92)93)25-45(63)79/h9-16,27-30,35-42,47-48,74-76H,7-8,17-26,60H2,1-6H3,(H2,61,77)(H2,62,78)(H2,63,79)(H,64,86)(H,65,82)(H,66,89)(H,67,84)(H,68,85)(H,69,83)(H,70,90)(H,71,88)(H,72,87)(H,80,81)(H,92,93)/t29-,30+,35-,36-,37-,38-,39-,40-,41-,42-,47-,48-/m0/s1. The molecule has 0 bridgehead atoms. The Morgan fingerprint density at radius 2 is 0.946 bits per heavy atom. The number of nitrogens with two attached hydrogens (primary N) is 4. The predicted molar refractivity (Wildman–Crippen MR) is 326 cm³/mol. The number of aliphatic hydroxyl groups is 1. The Balaban J connectivity index is 1.86. The van der Waals surface area contributed by atoms with E-state index in [1.165, 1.54) is 55.1 Å². The normalized spacial score (nSPS) is 16.3. The van der Waals surface area contributed by atoms with E-state index in [0.717, 1.165) is 13.8 Å². The highest BCUT2D eigenvalue weighted by atomic mass is 16.4. The van der Waals surface area contributed by atoms with Gasteiger partial charge in [0, 0.05) is 32.2 Å². The first-order valence-corrected chi connectivity index (χ1v) is 29.8. The smallest absolute Gasteiger partial charge is 0.326 e. The van der Waals surface area contributed by atoms with Gasteiger partial charge in [-0.25, -0.2) is 4.79 Å². The number of hydrogen-bond donors (Lipinski definition) is 18. The second-order valence-corrected chi connectivity index (χ2v) is 23.3. The molecule has 34 heteroatoms. The molecule has 1 heterocycles. The number of aliphatic hydroxyl groups excluding tert-OH is 1. The van der Waals surface area contributed by atoms with Gasteiger partial charge in [0.05, 0.1) is 25.0 Å². The second-order valence-electron chi connectivity index (χ2n) is 23.3. The average molecular weight is 1310 g/mol. The highest BCUT2D eigenvalue weighted by molar-refractivity contribution is 6.00. The van der Waals surface area contributed by atoms with Gasteiger partial charge in [-0.15, -0.1) is 0 Å². The van der Waals surface area contributed by atoms with Crippen LogP contribution >= 0.6 is 0 Å². The van der Waals surface area contributed by atoms with Gasteiger partial charge >= 0.3 is 11.9 Å². The summed E-state index contributed by atoms with van der Waals surface area (Å²) in [6.45, 7) is 8.98. The first kappa shape index (κ1) is 77.3. The van der Waals surface area contributed by atoms with Crippen molar-refractivity contribution >= 4 is 88.7 Å². The molecule has 93 heavy (non-hydrogen) atoms. The summed E-state index contributed by atoms with van der Waals surface area (Å²) < 4.78 is 0. The Morgan fingerprint density at radius 3 is 1.41 bits per heavy atom. The molecule has 1 saturated heterocycles. The van der Waals surface area contributed by atoms with E-state index in [4.69, 9.17) is 22.9 Å². The molecule has 3 rings (SSSR count). The van der Waals surface area contributed by atoms with E-state index in [1.54, 1.807) is 12.1 Å². The van der Waals surface area contributed by atoms with E-state index in [0.29, 0.717) is 18.4 Å². The molecule has 13 amide bonds. The van der Waals surface area contributed by atoms with Crippen LogP contribution in [0.4, 0.5) is 0 Å². The fraction of sp³-hybridized carbons (Fsp3) is 0.542. The summed E-state index contributed by atoms with van der Waals surface area (Å²) in [7, 11) is 0. The Bertz CT molecular complexity index is 3040. The van der Waals surface area contributed by atoms with Gasteiger partial charge in [-0.3, -0.25) is 67.1 Å². The number of phenolic OH excluding ortho intramolecular Hbond substituents is 2. The van der Waals surface area contributed by atoms with Crippen LogP contribution in [0.5, 0.6) is 11.5 Å². The van der Waals surface area contributed by atoms with Crippen LogP contribution in [0.3, 0.4) is 0 Å². The highest BCUT2D eigenvalue weighted by Crippen LogP contribution is 2.22. The van der Waals surface area contributed by atoms with Crippen LogP contribution in [0.25, 0.3) is 0 Å². The minimum atomic E-state index is -2.04. The van der Waals surface area contributed by atoms with Crippen molar-refractivity contribution in [2.24, 2.45) is 34.8 Å². The Morgan fingerprint density at radius 1 is 0.505 bits per heavy atom. The van der Waals surface area contributed by atoms with Gasteiger partial charge in [0.1, 0.15) is 71.9 Å². The summed E-state index contributed by atoms with van der Waals surface area (Å²) in [6.07, 6.45) is -5.75. The highest BCUT2D eigenvalue weighted by Gasteiger charge is 2.41. The molecule has 0 radical (unpaired) electrons. The van der Waals surface area contributed by atoms with E-state index in [9.17, 15) is 97.5 Å². The van der Waals surface area contributed by atoms with Crippen molar-refractivity contribution in [3.8, 4) is 11.5 Å². The molecule has 22 N–H and O–H groups in total. The summed E-state index contributed by atoms with van der Waals surface area (Å²) in [4.78, 5) is 200. The maximum absolute atomic E-state index is 14.3. The topological polar surface area (TPSA) is 573 Å². The zero-order chi connectivity index (χ0) is 70.1. The van der Waals surface area contributed by atoms with Crippen molar-refractivity contribution in [2.45, 2.75) is 185 Å². The van der Waals surface area contributed by atoms with Crippen LogP contribution in [0.1, 0.15) is 110 Å². The maximum atomic E-state index is 14.3. The number of primary amides is 3. The summed E-state index contributed by atoms with van der Waals surface area (Å²) in [6, 6.07) is -6.65. The van der Waals surface area contributed by atoms with Crippen molar-refractivity contribution in [3.63, 3.8) is 0 Å². The van der Waals surface area contributed by atoms with Crippen LogP contribution in [0, 0.1) is 11.8 Å². The van der Waals surface area contributed by atoms with Gasteiger partial charge in [-0.1, -0.05) is 52.0 Å². The van der Waals surface area contributed by atoms with Crippen LogP contribution < -0.4 is 70.8 Å². The number of likely N-dealkylation sites (tertiary alicyclic amines) is 1. The molecule has 1 fully saturated rings. The molecule has 2 aromatic rings. The van der Waals surface area contributed by atoms with E-state index in [2.05, 4.69) is 42.5 Å². The second kappa shape index (κ2) is 36.8. The molecule has 1 aliphatic rings. The van der Waals surface area contributed by atoms with Gasteiger partial charge in [0.15, 0.2) is 0 Å². The van der Waals surface area contributed by atoms with Gasteiger partial charge < -0.3 is 101 Å². The van der Waals surface area contributed by atoms with Crippen LogP contribution in [0.2, 0.25) is 0 Å². The number of rotatable bonds is 38. The molecular weight excluding hydrogens is 1220 g/mol. The lowest BCUT2D eigenvalue weighted by atomic mass is 10.00. The van der Waals surface area contributed by atoms with E-state index < -0.39 is 212 Å². The zero-order valence-corrected chi connectivity index (χ0v) is 52.3. The van der Waals surface area contributed by atoms with Crippen molar-refractivity contribution in [2.75, 3.05) is 6.54 Å². The fourth-order valence-corrected chi connectivity index (χ4v) is 9.63. The Labute approximate surface area is 534 Å². The number of nitrogens with one attached hydrogen (secondary N) is 9. The SMILES string of the molecule is CC(C)C[C@H](N)C(=O)N[C@@H](Cc1ccc(O)cc1)C(=O)N1CCC[C@H]1C(=O)N[C@H](C(=O)N[C@@H](CCC(N)=O)C(=O)N[C@@H](CC(=O)O)C(=O)N[C@@H](C)C(=O)N[C@@H](CCC(N)=O)C(=O)N[C@@H](Cc1ccc(O)cc1)C(=O)N[C@H](C(=O)N[C@@H](CC(N)=O)C(=O)O)[C@@H](C)O)C(C)C. The average Bonchev–Trinajstić information content (AvgIpc) is 1.79. The van der Waals surface area contributed by atoms with Crippen molar-refractivity contribution in [1.82, 2.24) is 52.8 Å². The molecule has 1 aliphatic heterocycles. The third kappa shape index (κ3) is 26.0. The summed E-state index contributed by atoms with van der Waals surface area (Å²) in [5.74, 6) is -17.9. The molecule has 2 aromatic carbocycles. The van der Waals surface area contributed by atoms with Gasteiger partial charge in [-0.05, 0) is 93.2 Å². The predicted octanol–water partition coefficient (Wildman–Crippen LogP) is -5.37. The van der Waals surface area contributed by atoms with Crippen LogP contribution in [-0.4, -0.2) is 198 Å². The molecule has 34 nitrogen and oxygen atoms in total. The summed E-state index contributed by atoms with van der Waals surface area (Å²) in [5, 5.41) is 70.6. The third-order valence-electron chi connectivity index (χ3n) is 14.6. The van der Waals surface area contributed by atoms with Crippen molar-refractivity contribution in [1.29, 1.82) is 0 Å². The number of nitrogens with zero attached hydrogens (tertiary/aromatic N) is 1. The molecule has 0 unspecified atom stereocenters. The number of phenols is 2. The number of hydrogen-bond acceptors (Lipinski definition) is 19. The van der Waals surface area contributed by atoms with Crippen molar-refractivity contribution < 1.29 is 97.5 Å². The number of amides is 13. The van der Waals surface area contributed by atoms with Crippen LogP contribution in [-0.2, 0) is 84.8 Å². The zero-order valence-electron chi connectivity index (χ0n) is 52.3. The fourth-order valence-electron chi connectivity index (χ4n) is 9.63. The minimum absolute atomic E-state index is 0.0347. The number of aromatic hydroxyl groups is 2. The van der Waals surface area contributed by atoms with Gasteiger partial charge in [0.25, 0.3) is 0 Å². The number of carboxylic acids is 2. The number of carboxylic acid groups (broad SMARTS) is 2. The summed E-state index contributed by atoms with van der Waals surface area (Å²) in [5.41, 5.74) is 22.8. The molecule has 12 atom stereocenters. The minimum Gasteiger partial charge on any atom is -0.508 e. The quantitative estimate of drug-likeness (QED) is 0.0298. The number of carbonyl (C=O) groups excluding carboxylic acids is 13. The third-order valence-corrected chi connectivity index (χ3v) is 14.6. The number of carbonyl (C=O) groups is 15. The Kier molecular flexibility index (Phi) is 30.5. The Hall–Kier alpha value is -9.99. The lowest BCUT2D eigenvalue weighted by Crippen LogP contribution is -2.61. The largest absolute Gasteiger partial charge is 0.508 e. The lowest BCUT2D eigenvalue weighted by Gasteiger charge is -2.31. The van der Waals surface area contributed by atoms with Crippen molar-refractivity contribution in [3.05, 3.63) is 59.7 Å². The van der Waals surface area contributed by atoms with E-state index in [1.807, 2.05) is 19.2 Å². The van der Waals surface area contributed by atoms with E-state index in [-0.39, 0.29) is 42.4 Å². The maximum Gasteiger partial charge on any atom is 0.326 e. The van der Waals surface area contributed by atoms with Gasteiger partial charge in [-0.2, -0.15) is 0 Å². The molecule has 0 aromatic heterocycles. The van der Waals surface area contributed by atoms with Crippen LogP contribution in [0.15, 0.2) is 48.5 Å². The molecule has 0 aliphatic carbocycles.